The van der Waals surface area contributed by atoms with Crippen LogP contribution in [0.2, 0.25) is 0 Å². The maximum absolute atomic E-state index is 14.2. The molecule has 2 aromatic rings. The van der Waals surface area contributed by atoms with Crippen LogP contribution in [0.1, 0.15) is 15.9 Å². The van der Waals surface area contributed by atoms with Gasteiger partial charge < -0.3 is 14.8 Å². The predicted octanol–water partition coefficient (Wildman–Crippen LogP) is 1.03. The van der Waals surface area contributed by atoms with Gasteiger partial charge in [0.1, 0.15) is 5.82 Å². The highest BCUT2D eigenvalue weighted by Crippen LogP contribution is 2.21. The number of halogens is 1. The van der Waals surface area contributed by atoms with E-state index >= 15 is 0 Å². The Kier molecular flexibility index (Phi) is 8.09. The number of benzene rings is 2. The van der Waals surface area contributed by atoms with E-state index in [1.807, 2.05) is 11.4 Å². The lowest BCUT2D eigenvalue weighted by Crippen LogP contribution is -2.41. The molecule has 0 atom stereocenters. The molecule has 0 saturated carbocycles. The number of esters is 1. The summed E-state index contributed by atoms with van der Waals surface area (Å²) in [4.78, 5) is 35.6. The first-order valence-electron chi connectivity index (χ1n) is 9.93. The van der Waals surface area contributed by atoms with E-state index in [1.165, 1.54) is 4.31 Å². The Morgan fingerprint density at radius 2 is 1.76 bits per heavy atom. The maximum atomic E-state index is 14.2. The number of rotatable bonds is 7. The van der Waals surface area contributed by atoms with Gasteiger partial charge in [-0.3, -0.25) is 10.1 Å². The largest absolute Gasteiger partial charge is 0.452 e. The van der Waals surface area contributed by atoms with E-state index in [4.69, 9.17) is 9.47 Å². The lowest BCUT2D eigenvalue weighted by molar-refractivity contribution is -0.123. The van der Waals surface area contributed by atoms with Crippen LogP contribution in [0.4, 0.5) is 9.18 Å². The first-order valence-corrected chi connectivity index (χ1v) is 11.4. The predicted molar refractivity (Wildman–Crippen MR) is 113 cm³/mol. The second-order valence-electron chi connectivity index (χ2n) is 6.95. The van der Waals surface area contributed by atoms with E-state index in [9.17, 15) is 27.2 Å². The number of nitrogens with one attached hydrogen (secondary N) is 2. The molecule has 176 valence electrons. The van der Waals surface area contributed by atoms with Gasteiger partial charge in [-0.05, 0) is 23.8 Å². The standard InChI is InChI=1S/C21H22FN3O7S/c22-18-7-6-16(33(29,30)25-8-10-31-11-9-25)12-17(18)20(27)32-14-19(26)24-21(28)23-13-15-4-2-1-3-5-15/h1-7,12H,8-11,13-14H2,(H2,23,24,26,28). The highest BCUT2D eigenvalue weighted by molar-refractivity contribution is 7.89. The van der Waals surface area contributed by atoms with Crippen LogP contribution in [0, 0.1) is 5.82 Å². The van der Waals surface area contributed by atoms with E-state index in [-0.39, 0.29) is 37.7 Å². The third-order valence-electron chi connectivity index (χ3n) is 4.65. The van der Waals surface area contributed by atoms with Crippen LogP contribution in [-0.4, -0.2) is 63.5 Å². The Hall–Kier alpha value is -3.35. The molecule has 2 N–H and O–H groups in total. The minimum absolute atomic E-state index is 0.131. The summed E-state index contributed by atoms with van der Waals surface area (Å²) in [5.74, 6) is -3.19. The van der Waals surface area contributed by atoms with Crippen molar-refractivity contribution in [2.45, 2.75) is 11.4 Å². The Labute approximate surface area is 189 Å². The molecule has 1 aliphatic heterocycles. The van der Waals surface area contributed by atoms with Gasteiger partial charge in [-0.2, -0.15) is 4.31 Å². The molecule has 0 radical (unpaired) electrons. The molecule has 0 aromatic heterocycles. The Morgan fingerprint density at radius 3 is 2.45 bits per heavy atom. The lowest BCUT2D eigenvalue weighted by atomic mass is 10.2. The number of nitrogens with zero attached hydrogens (tertiary/aromatic N) is 1. The Balaban J connectivity index is 1.55. The SMILES string of the molecule is O=C(COC(=O)c1cc(S(=O)(=O)N2CCOCC2)ccc1F)NC(=O)NCc1ccccc1. The van der Waals surface area contributed by atoms with Crippen molar-refractivity contribution in [3.05, 3.63) is 65.5 Å². The summed E-state index contributed by atoms with van der Waals surface area (Å²) in [6, 6.07) is 10.9. The van der Waals surface area contributed by atoms with E-state index in [0.717, 1.165) is 23.8 Å². The lowest BCUT2D eigenvalue weighted by Gasteiger charge is -2.26. The molecule has 2 aromatic carbocycles. The first-order chi connectivity index (χ1) is 15.8. The third-order valence-corrected chi connectivity index (χ3v) is 6.54. The van der Waals surface area contributed by atoms with Crippen molar-refractivity contribution >= 4 is 27.9 Å². The number of amides is 3. The molecule has 33 heavy (non-hydrogen) atoms. The molecular formula is C21H22FN3O7S. The smallest absolute Gasteiger partial charge is 0.341 e. The highest BCUT2D eigenvalue weighted by atomic mass is 32.2. The fourth-order valence-corrected chi connectivity index (χ4v) is 4.39. The van der Waals surface area contributed by atoms with Crippen molar-refractivity contribution < 1.29 is 36.7 Å². The number of sulfonamides is 1. The van der Waals surface area contributed by atoms with Crippen LogP contribution >= 0.6 is 0 Å². The zero-order chi connectivity index (χ0) is 23.8. The fraction of sp³-hybridized carbons (Fsp3) is 0.286. The molecule has 1 saturated heterocycles. The number of hydrogen-bond donors (Lipinski definition) is 2. The average molecular weight is 479 g/mol. The monoisotopic (exact) mass is 479 g/mol. The zero-order valence-electron chi connectivity index (χ0n) is 17.5. The van der Waals surface area contributed by atoms with Gasteiger partial charge in [-0.25, -0.2) is 22.4 Å². The third kappa shape index (κ3) is 6.57. The summed E-state index contributed by atoms with van der Waals surface area (Å²) in [7, 11) is -3.96. The number of morpholine rings is 1. The summed E-state index contributed by atoms with van der Waals surface area (Å²) < 4.78 is 50.6. The number of ether oxygens (including phenoxy) is 2. The van der Waals surface area contributed by atoms with Crippen LogP contribution in [0.3, 0.4) is 0 Å². The molecular weight excluding hydrogens is 457 g/mol. The molecule has 1 fully saturated rings. The molecule has 10 nitrogen and oxygen atoms in total. The second kappa shape index (κ2) is 11.0. The number of carbonyl (C=O) groups excluding carboxylic acids is 3. The Morgan fingerprint density at radius 1 is 1.06 bits per heavy atom. The van der Waals surface area contributed by atoms with Crippen molar-refractivity contribution in [1.29, 1.82) is 0 Å². The quantitative estimate of drug-likeness (QED) is 0.567. The van der Waals surface area contributed by atoms with Crippen molar-refractivity contribution in [2.75, 3.05) is 32.9 Å². The molecule has 3 rings (SSSR count). The zero-order valence-corrected chi connectivity index (χ0v) is 18.3. The minimum atomic E-state index is -3.96. The molecule has 0 aliphatic carbocycles. The summed E-state index contributed by atoms with van der Waals surface area (Å²) in [5, 5.41) is 4.44. The number of urea groups is 1. The van der Waals surface area contributed by atoms with Gasteiger partial charge in [0.05, 0.1) is 23.7 Å². The molecule has 12 heteroatoms. The highest BCUT2D eigenvalue weighted by Gasteiger charge is 2.28. The molecule has 3 amide bonds. The van der Waals surface area contributed by atoms with Gasteiger partial charge in [0, 0.05) is 19.6 Å². The Bertz CT molecular complexity index is 1120. The van der Waals surface area contributed by atoms with E-state index in [1.54, 1.807) is 24.3 Å². The second-order valence-corrected chi connectivity index (χ2v) is 8.89. The number of imide groups is 1. The minimum Gasteiger partial charge on any atom is -0.452 e. The van der Waals surface area contributed by atoms with Crippen LogP contribution in [0.5, 0.6) is 0 Å². The van der Waals surface area contributed by atoms with Crippen LogP contribution in [0.25, 0.3) is 0 Å². The van der Waals surface area contributed by atoms with Gasteiger partial charge in [-0.1, -0.05) is 30.3 Å². The maximum Gasteiger partial charge on any atom is 0.341 e. The van der Waals surface area contributed by atoms with E-state index in [0.29, 0.717) is 0 Å². The number of carbonyl (C=O) groups is 3. The fourth-order valence-electron chi connectivity index (χ4n) is 2.95. The average Bonchev–Trinajstić information content (AvgIpc) is 2.82. The first kappa shape index (κ1) is 24.3. The van der Waals surface area contributed by atoms with Crippen LogP contribution in [0.15, 0.2) is 53.4 Å². The normalized spacial score (nSPS) is 14.3. The molecule has 1 aliphatic rings. The van der Waals surface area contributed by atoms with Crippen molar-refractivity contribution in [2.24, 2.45) is 0 Å². The van der Waals surface area contributed by atoms with E-state index in [2.05, 4.69) is 5.32 Å². The summed E-state index contributed by atoms with van der Waals surface area (Å²) in [6.07, 6.45) is 0. The molecule has 1 heterocycles. The van der Waals surface area contributed by atoms with Gasteiger partial charge in [0.2, 0.25) is 10.0 Å². The number of hydrogen-bond acceptors (Lipinski definition) is 7. The van der Waals surface area contributed by atoms with Crippen molar-refractivity contribution in [3.8, 4) is 0 Å². The van der Waals surface area contributed by atoms with E-state index < -0.39 is 45.9 Å². The summed E-state index contributed by atoms with van der Waals surface area (Å²) >= 11 is 0. The van der Waals surface area contributed by atoms with Crippen molar-refractivity contribution in [3.63, 3.8) is 0 Å². The van der Waals surface area contributed by atoms with Gasteiger partial charge >= 0.3 is 12.0 Å². The molecule has 0 bridgehead atoms. The molecule has 0 spiro atoms. The summed E-state index contributed by atoms with van der Waals surface area (Å²) in [5.41, 5.74) is 0.166. The van der Waals surface area contributed by atoms with Crippen LogP contribution in [-0.2, 0) is 30.8 Å². The topological polar surface area (TPSA) is 131 Å². The van der Waals surface area contributed by atoms with Crippen LogP contribution < -0.4 is 10.6 Å². The van der Waals surface area contributed by atoms with Gasteiger partial charge in [0.25, 0.3) is 5.91 Å². The van der Waals surface area contributed by atoms with Gasteiger partial charge in [-0.15, -0.1) is 0 Å². The van der Waals surface area contributed by atoms with Gasteiger partial charge in [0.15, 0.2) is 6.61 Å². The van der Waals surface area contributed by atoms with Crippen molar-refractivity contribution in [1.82, 2.24) is 14.9 Å². The molecule has 0 unspecified atom stereocenters. The summed E-state index contributed by atoms with van der Waals surface area (Å²) in [6.45, 7) is 0.0253.